The smallest absolute Gasteiger partial charge is 0.162 e. The summed E-state index contributed by atoms with van der Waals surface area (Å²) in [6, 6.07) is 16.5. The van der Waals surface area contributed by atoms with E-state index in [1.165, 1.54) is 31.6 Å². The summed E-state index contributed by atoms with van der Waals surface area (Å²) in [5.41, 5.74) is 1.41. The van der Waals surface area contributed by atoms with Crippen molar-refractivity contribution in [2.24, 2.45) is 0 Å². The molecule has 5 nitrogen and oxygen atoms in total. The van der Waals surface area contributed by atoms with Gasteiger partial charge >= 0.3 is 0 Å². The number of hydrogen-bond donors (Lipinski definition) is 1. The van der Waals surface area contributed by atoms with E-state index in [0.717, 1.165) is 16.6 Å². The Bertz CT molecular complexity index is 1140. The third-order valence-corrected chi connectivity index (χ3v) is 4.40. The summed E-state index contributed by atoms with van der Waals surface area (Å²) in [6.45, 7) is -0.252. The number of fused-ring (bicyclic) bond motifs is 1. The van der Waals surface area contributed by atoms with E-state index in [4.69, 9.17) is 9.47 Å². The summed E-state index contributed by atoms with van der Waals surface area (Å²) < 4.78 is 38.6. The fourth-order valence-corrected chi connectivity index (χ4v) is 2.93. The van der Waals surface area contributed by atoms with E-state index in [1.807, 2.05) is 24.3 Å². The Balaban J connectivity index is 1.56. The normalized spacial score (nSPS) is 10.7. The second-order valence-corrected chi connectivity index (χ2v) is 6.22. The van der Waals surface area contributed by atoms with E-state index >= 15 is 0 Å². The topological polar surface area (TPSA) is 56.3 Å². The highest BCUT2D eigenvalue weighted by Crippen LogP contribution is 2.33. The number of methoxy groups -OCH3 is 1. The molecule has 0 fully saturated rings. The summed E-state index contributed by atoms with van der Waals surface area (Å²) in [4.78, 5) is 8.54. The first-order chi connectivity index (χ1) is 14.2. The van der Waals surface area contributed by atoms with Gasteiger partial charge in [-0.1, -0.05) is 18.2 Å². The van der Waals surface area contributed by atoms with Crippen LogP contribution in [0.5, 0.6) is 11.5 Å². The Morgan fingerprint density at radius 3 is 2.48 bits per heavy atom. The maximum atomic E-state index is 13.8. The first kappa shape index (κ1) is 18.6. The van der Waals surface area contributed by atoms with E-state index in [1.54, 1.807) is 18.2 Å². The zero-order valence-electron chi connectivity index (χ0n) is 15.5. The number of ether oxygens (including phenoxy) is 2. The maximum Gasteiger partial charge on any atom is 0.162 e. The average molecular weight is 393 g/mol. The highest BCUT2D eigenvalue weighted by molar-refractivity contribution is 5.90. The van der Waals surface area contributed by atoms with Gasteiger partial charge in [0, 0.05) is 17.1 Å². The van der Waals surface area contributed by atoms with E-state index in [9.17, 15) is 8.78 Å². The van der Waals surface area contributed by atoms with Gasteiger partial charge in [0.05, 0.1) is 18.2 Å². The van der Waals surface area contributed by atoms with Gasteiger partial charge in [-0.3, -0.25) is 0 Å². The molecule has 0 unspecified atom stereocenters. The van der Waals surface area contributed by atoms with Crippen LogP contribution >= 0.6 is 0 Å². The predicted molar refractivity (Wildman–Crippen MR) is 107 cm³/mol. The lowest BCUT2D eigenvalue weighted by Crippen LogP contribution is -2.03. The Morgan fingerprint density at radius 2 is 1.69 bits per heavy atom. The van der Waals surface area contributed by atoms with Crippen LogP contribution in [0, 0.1) is 11.6 Å². The highest BCUT2D eigenvalue weighted by Gasteiger charge is 2.12. The van der Waals surface area contributed by atoms with Gasteiger partial charge in [0.1, 0.15) is 30.4 Å². The molecule has 4 rings (SSSR count). The fourth-order valence-electron chi connectivity index (χ4n) is 2.93. The number of nitrogens with zero attached hydrogens (tertiary/aromatic N) is 2. The number of para-hydroxylation sites is 1. The van der Waals surface area contributed by atoms with Crippen molar-refractivity contribution < 1.29 is 18.3 Å². The summed E-state index contributed by atoms with van der Waals surface area (Å²) >= 11 is 0. The molecule has 7 heteroatoms. The molecule has 1 heterocycles. The lowest BCUT2D eigenvalue weighted by molar-refractivity contribution is 0.274. The second kappa shape index (κ2) is 8.10. The Morgan fingerprint density at radius 1 is 0.897 bits per heavy atom. The third kappa shape index (κ3) is 3.94. The van der Waals surface area contributed by atoms with Crippen molar-refractivity contribution in [2.75, 3.05) is 12.4 Å². The van der Waals surface area contributed by atoms with Crippen LogP contribution < -0.4 is 14.8 Å². The molecule has 3 aromatic carbocycles. The first-order valence-corrected chi connectivity index (χ1v) is 8.86. The van der Waals surface area contributed by atoms with Crippen LogP contribution in [-0.4, -0.2) is 17.1 Å². The Hall–Kier alpha value is -3.74. The van der Waals surface area contributed by atoms with Gasteiger partial charge in [-0.05, 0) is 36.4 Å². The first-order valence-electron chi connectivity index (χ1n) is 8.86. The van der Waals surface area contributed by atoms with Gasteiger partial charge in [-0.2, -0.15) is 0 Å². The molecule has 4 aromatic rings. The van der Waals surface area contributed by atoms with Gasteiger partial charge in [0.2, 0.25) is 0 Å². The minimum atomic E-state index is -0.655. The number of hydrogen-bond acceptors (Lipinski definition) is 5. The summed E-state index contributed by atoms with van der Waals surface area (Å²) in [5.74, 6) is 0.133. The van der Waals surface area contributed by atoms with Gasteiger partial charge in [-0.25, -0.2) is 18.7 Å². The maximum absolute atomic E-state index is 13.8. The second-order valence-electron chi connectivity index (χ2n) is 6.22. The lowest BCUT2D eigenvalue weighted by Gasteiger charge is -2.14. The van der Waals surface area contributed by atoms with Crippen LogP contribution in [0.2, 0.25) is 0 Å². The minimum absolute atomic E-state index is 0.135. The molecule has 0 bridgehead atoms. The molecule has 0 radical (unpaired) electrons. The molecule has 146 valence electrons. The van der Waals surface area contributed by atoms with Crippen molar-refractivity contribution in [3.05, 3.63) is 84.2 Å². The molecule has 0 aliphatic rings. The number of halogens is 2. The van der Waals surface area contributed by atoms with E-state index in [2.05, 4.69) is 15.3 Å². The van der Waals surface area contributed by atoms with Gasteiger partial charge in [0.25, 0.3) is 0 Å². The van der Waals surface area contributed by atoms with Crippen molar-refractivity contribution >= 4 is 22.4 Å². The van der Waals surface area contributed by atoms with Crippen LogP contribution in [-0.2, 0) is 6.61 Å². The van der Waals surface area contributed by atoms with Crippen molar-refractivity contribution in [1.29, 1.82) is 0 Å². The van der Waals surface area contributed by atoms with Crippen LogP contribution in [0.3, 0.4) is 0 Å². The summed E-state index contributed by atoms with van der Waals surface area (Å²) in [5, 5.41) is 4.11. The van der Waals surface area contributed by atoms with Crippen molar-refractivity contribution in [1.82, 2.24) is 9.97 Å². The molecule has 0 saturated heterocycles. The quantitative estimate of drug-likeness (QED) is 0.486. The van der Waals surface area contributed by atoms with Crippen LogP contribution in [0.15, 0.2) is 67.0 Å². The number of anilines is 2. The molecular weight excluding hydrogens is 376 g/mol. The Labute approximate surface area is 166 Å². The van der Waals surface area contributed by atoms with E-state index in [0.29, 0.717) is 17.3 Å². The van der Waals surface area contributed by atoms with Gasteiger partial charge < -0.3 is 14.8 Å². The molecule has 1 N–H and O–H groups in total. The van der Waals surface area contributed by atoms with Crippen molar-refractivity contribution in [3.63, 3.8) is 0 Å². The van der Waals surface area contributed by atoms with Crippen LogP contribution in [0.4, 0.5) is 20.3 Å². The highest BCUT2D eigenvalue weighted by atomic mass is 19.1. The van der Waals surface area contributed by atoms with E-state index < -0.39 is 11.6 Å². The SMILES string of the molecule is COc1cc(Nc2ncnc3ccccc23)ccc1OCc1c(F)cccc1F. The molecule has 0 amide bonds. The van der Waals surface area contributed by atoms with Gasteiger partial charge in [-0.15, -0.1) is 0 Å². The molecule has 0 aliphatic heterocycles. The monoisotopic (exact) mass is 393 g/mol. The third-order valence-electron chi connectivity index (χ3n) is 4.40. The molecule has 1 aromatic heterocycles. The summed E-state index contributed by atoms with van der Waals surface area (Å²) in [6.07, 6.45) is 1.49. The molecular formula is C22H17F2N3O2. The zero-order valence-corrected chi connectivity index (χ0v) is 15.5. The number of benzene rings is 3. The van der Waals surface area contributed by atoms with Crippen molar-refractivity contribution in [3.8, 4) is 11.5 Å². The molecule has 0 spiro atoms. The standard InChI is InChI=1S/C22H17F2N3O2/c1-28-21-11-14(27-22-15-5-2-3-8-19(15)25-13-26-22)9-10-20(21)29-12-16-17(23)6-4-7-18(16)24/h2-11,13H,12H2,1H3,(H,25,26,27). The average Bonchev–Trinajstić information content (AvgIpc) is 2.74. The summed E-state index contributed by atoms with van der Waals surface area (Å²) in [7, 11) is 1.50. The lowest BCUT2D eigenvalue weighted by atomic mass is 10.2. The van der Waals surface area contributed by atoms with Crippen molar-refractivity contribution in [2.45, 2.75) is 6.61 Å². The fraction of sp³-hybridized carbons (Fsp3) is 0.0909. The largest absolute Gasteiger partial charge is 0.493 e. The predicted octanol–water partition coefficient (Wildman–Crippen LogP) is 5.24. The Kier molecular flexibility index (Phi) is 5.20. The number of aromatic nitrogens is 2. The minimum Gasteiger partial charge on any atom is -0.493 e. The van der Waals surface area contributed by atoms with Crippen LogP contribution in [0.1, 0.15) is 5.56 Å². The molecule has 0 aliphatic carbocycles. The molecule has 0 saturated carbocycles. The number of rotatable bonds is 6. The van der Waals surface area contributed by atoms with Crippen LogP contribution in [0.25, 0.3) is 10.9 Å². The molecule has 0 atom stereocenters. The zero-order chi connectivity index (χ0) is 20.2. The van der Waals surface area contributed by atoms with E-state index in [-0.39, 0.29) is 12.2 Å². The molecule has 29 heavy (non-hydrogen) atoms. The number of nitrogens with one attached hydrogen (secondary N) is 1. The van der Waals surface area contributed by atoms with Gasteiger partial charge in [0.15, 0.2) is 11.5 Å².